The van der Waals surface area contributed by atoms with Crippen LogP contribution >= 0.6 is 0 Å². The first-order valence-corrected chi connectivity index (χ1v) is 8.78. The average Bonchev–Trinajstić information content (AvgIpc) is 3.01. The first kappa shape index (κ1) is 17.4. The summed E-state index contributed by atoms with van der Waals surface area (Å²) in [5.41, 5.74) is 1.09. The molecule has 25 heavy (non-hydrogen) atoms. The molecule has 0 aliphatic carbocycles. The zero-order chi connectivity index (χ0) is 17.7. The number of rotatable bonds is 3. The van der Waals surface area contributed by atoms with Gasteiger partial charge in [-0.15, -0.1) is 0 Å². The summed E-state index contributed by atoms with van der Waals surface area (Å²) < 4.78 is 36.3. The second kappa shape index (κ2) is 6.01. The lowest BCUT2D eigenvalue weighted by Gasteiger charge is -2.38. The highest BCUT2D eigenvalue weighted by molar-refractivity contribution is 5.14. The Hall–Kier alpha value is -1.02. The third-order valence-electron chi connectivity index (χ3n) is 4.78. The lowest BCUT2D eigenvalue weighted by Crippen LogP contribution is -2.53. The van der Waals surface area contributed by atoms with Gasteiger partial charge in [0, 0.05) is 0 Å². The number of ether oxygens (including phenoxy) is 6. The van der Waals surface area contributed by atoms with Crippen LogP contribution in [-0.2, 0) is 35.0 Å². The highest BCUT2D eigenvalue weighted by Gasteiger charge is 2.65. The van der Waals surface area contributed by atoms with Crippen molar-refractivity contribution < 1.29 is 28.4 Å². The van der Waals surface area contributed by atoms with Gasteiger partial charge < -0.3 is 28.4 Å². The Morgan fingerprint density at radius 1 is 1.00 bits per heavy atom. The SMILES string of the molecule is CC1(C)OC[C@@H]2OC3(COC(C)(C)O3)[C@H](OCc3ccccc3)[C@H]2O1. The minimum Gasteiger partial charge on any atom is -0.365 e. The van der Waals surface area contributed by atoms with Crippen LogP contribution in [0.4, 0.5) is 0 Å². The summed E-state index contributed by atoms with van der Waals surface area (Å²) in [6.07, 6.45) is -0.918. The average molecular weight is 350 g/mol. The Morgan fingerprint density at radius 3 is 2.44 bits per heavy atom. The van der Waals surface area contributed by atoms with Crippen LogP contribution in [0.2, 0.25) is 0 Å². The molecule has 0 radical (unpaired) electrons. The van der Waals surface area contributed by atoms with Gasteiger partial charge in [0.05, 0.1) is 13.2 Å². The van der Waals surface area contributed by atoms with Crippen molar-refractivity contribution in [2.75, 3.05) is 13.2 Å². The van der Waals surface area contributed by atoms with Crippen LogP contribution in [0.5, 0.6) is 0 Å². The Labute approximate surface area is 148 Å². The molecule has 0 amide bonds. The predicted molar refractivity (Wildman–Crippen MR) is 88.6 cm³/mol. The molecule has 3 aliphatic rings. The molecule has 0 N–H and O–H groups in total. The first-order valence-electron chi connectivity index (χ1n) is 8.78. The molecule has 1 aromatic carbocycles. The van der Waals surface area contributed by atoms with Crippen molar-refractivity contribution in [2.45, 2.75) is 70.0 Å². The van der Waals surface area contributed by atoms with Crippen LogP contribution in [0.15, 0.2) is 30.3 Å². The molecule has 0 bridgehead atoms. The molecular weight excluding hydrogens is 324 g/mol. The molecule has 3 heterocycles. The van der Waals surface area contributed by atoms with Gasteiger partial charge in [-0.25, -0.2) is 0 Å². The van der Waals surface area contributed by atoms with Crippen LogP contribution < -0.4 is 0 Å². The molecule has 4 rings (SSSR count). The molecule has 0 saturated carbocycles. The van der Waals surface area contributed by atoms with E-state index in [1.54, 1.807) is 0 Å². The fourth-order valence-corrected chi connectivity index (χ4v) is 3.68. The molecule has 3 saturated heterocycles. The number of fused-ring (bicyclic) bond motifs is 1. The van der Waals surface area contributed by atoms with E-state index in [0.29, 0.717) is 19.8 Å². The fraction of sp³-hybridized carbons (Fsp3) is 0.684. The van der Waals surface area contributed by atoms with Gasteiger partial charge in [0.25, 0.3) is 0 Å². The van der Waals surface area contributed by atoms with Crippen molar-refractivity contribution in [2.24, 2.45) is 0 Å². The molecular formula is C19H26O6. The molecule has 6 nitrogen and oxygen atoms in total. The maximum atomic E-state index is 6.27. The summed E-state index contributed by atoms with van der Waals surface area (Å²) in [6.45, 7) is 8.75. The lowest BCUT2D eigenvalue weighted by atomic mass is 10.0. The Kier molecular flexibility index (Phi) is 4.18. The Balaban J connectivity index is 1.58. The van der Waals surface area contributed by atoms with E-state index in [2.05, 4.69) is 0 Å². The van der Waals surface area contributed by atoms with E-state index >= 15 is 0 Å². The van der Waals surface area contributed by atoms with Gasteiger partial charge in [0.2, 0.25) is 5.79 Å². The van der Waals surface area contributed by atoms with E-state index in [1.807, 2.05) is 58.0 Å². The van der Waals surface area contributed by atoms with Crippen LogP contribution in [0.25, 0.3) is 0 Å². The van der Waals surface area contributed by atoms with Gasteiger partial charge in [0.1, 0.15) is 24.9 Å². The third-order valence-corrected chi connectivity index (χ3v) is 4.78. The van der Waals surface area contributed by atoms with Gasteiger partial charge in [-0.3, -0.25) is 0 Å². The summed E-state index contributed by atoms with van der Waals surface area (Å²) in [5.74, 6) is -2.38. The van der Waals surface area contributed by atoms with Crippen molar-refractivity contribution >= 4 is 0 Å². The zero-order valence-corrected chi connectivity index (χ0v) is 15.2. The topological polar surface area (TPSA) is 55.4 Å². The minimum atomic E-state index is -0.975. The Bertz CT molecular complexity index is 614. The largest absolute Gasteiger partial charge is 0.365 e. The highest BCUT2D eigenvalue weighted by atomic mass is 16.9. The van der Waals surface area contributed by atoms with Crippen molar-refractivity contribution in [1.82, 2.24) is 0 Å². The van der Waals surface area contributed by atoms with Crippen molar-refractivity contribution in [3.63, 3.8) is 0 Å². The third kappa shape index (κ3) is 3.35. The van der Waals surface area contributed by atoms with E-state index in [9.17, 15) is 0 Å². The fourth-order valence-electron chi connectivity index (χ4n) is 3.68. The minimum absolute atomic E-state index is 0.244. The molecule has 3 aliphatic heterocycles. The number of benzene rings is 1. The second-order valence-corrected chi connectivity index (χ2v) is 7.77. The van der Waals surface area contributed by atoms with Crippen LogP contribution in [0.3, 0.4) is 0 Å². The van der Waals surface area contributed by atoms with Crippen LogP contribution in [0, 0.1) is 0 Å². The van der Waals surface area contributed by atoms with Gasteiger partial charge >= 0.3 is 0 Å². The zero-order valence-electron chi connectivity index (χ0n) is 15.2. The molecule has 6 heteroatoms. The van der Waals surface area contributed by atoms with Gasteiger partial charge in [0.15, 0.2) is 11.6 Å². The quantitative estimate of drug-likeness (QED) is 0.835. The molecule has 0 aromatic heterocycles. The standard InChI is InChI=1S/C19H26O6/c1-17(2)21-11-14-15(24-17)16(20-10-13-8-6-5-7-9-13)19(23-14)12-22-18(3,4)25-19/h5-9,14-16H,10-12H2,1-4H3/t14-,15-,16+,19?/m0/s1. The van der Waals surface area contributed by atoms with Gasteiger partial charge in [-0.05, 0) is 33.3 Å². The van der Waals surface area contributed by atoms with E-state index in [4.69, 9.17) is 28.4 Å². The number of hydrogen-bond acceptors (Lipinski definition) is 6. The van der Waals surface area contributed by atoms with E-state index in [0.717, 1.165) is 5.56 Å². The second-order valence-electron chi connectivity index (χ2n) is 7.77. The van der Waals surface area contributed by atoms with E-state index in [-0.39, 0.29) is 12.2 Å². The van der Waals surface area contributed by atoms with E-state index < -0.39 is 23.5 Å². The molecule has 1 unspecified atom stereocenters. The van der Waals surface area contributed by atoms with Crippen LogP contribution in [-0.4, -0.2) is 48.9 Å². The normalized spacial score (nSPS) is 38.8. The monoisotopic (exact) mass is 350 g/mol. The predicted octanol–water partition coefficient (Wildman–Crippen LogP) is 2.60. The maximum absolute atomic E-state index is 6.27. The Morgan fingerprint density at radius 2 is 1.76 bits per heavy atom. The van der Waals surface area contributed by atoms with Crippen molar-refractivity contribution in [3.8, 4) is 0 Å². The van der Waals surface area contributed by atoms with Gasteiger partial charge in [-0.2, -0.15) is 0 Å². The lowest BCUT2D eigenvalue weighted by molar-refractivity contribution is -0.304. The number of hydrogen-bond donors (Lipinski definition) is 0. The first-order chi connectivity index (χ1) is 11.8. The van der Waals surface area contributed by atoms with Crippen molar-refractivity contribution in [1.29, 1.82) is 0 Å². The summed E-state index contributed by atoms with van der Waals surface area (Å²) in [6, 6.07) is 10.0. The molecule has 1 spiro atoms. The van der Waals surface area contributed by atoms with Crippen LogP contribution in [0.1, 0.15) is 33.3 Å². The molecule has 138 valence electrons. The van der Waals surface area contributed by atoms with E-state index in [1.165, 1.54) is 0 Å². The van der Waals surface area contributed by atoms with Gasteiger partial charge in [-0.1, -0.05) is 30.3 Å². The maximum Gasteiger partial charge on any atom is 0.224 e. The molecule has 1 aromatic rings. The summed E-state index contributed by atoms with van der Waals surface area (Å²) in [4.78, 5) is 0. The molecule has 3 fully saturated rings. The summed E-state index contributed by atoms with van der Waals surface area (Å²) >= 11 is 0. The van der Waals surface area contributed by atoms with Crippen molar-refractivity contribution in [3.05, 3.63) is 35.9 Å². The summed E-state index contributed by atoms with van der Waals surface area (Å²) in [5, 5.41) is 0. The summed E-state index contributed by atoms with van der Waals surface area (Å²) in [7, 11) is 0. The molecule has 4 atom stereocenters. The smallest absolute Gasteiger partial charge is 0.224 e. The highest BCUT2D eigenvalue weighted by Crippen LogP contribution is 2.46.